The van der Waals surface area contributed by atoms with Crippen molar-refractivity contribution in [2.24, 2.45) is 0 Å². The molecule has 0 aliphatic rings. The normalized spacial score (nSPS) is 11.7. The number of carbonyl (C=O) groups is 3. The van der Waals surface area contributed by atoms with Crippen molar-refractivity contribution in [3.8, 4) is 6.19 Å². The molecule has 1 aromatic carbocycles. The molecule has 0 fully saturated rings. The molecule has 0 heterocycles. The van der Waals surface area contributed by atoms with E-state index in [2.05, 4.69) is 43.7 Å². The van der Waals surface area contributed by atoms with Gasteiger partial charge in [0.25, 0.3) is 0 Å². The predicted octanol–water partition coefficient (Wildman–Crippen LogP) is 1.25. The SMILES string of the molecule is CCN(CC)CCN(C#N)C(=N)N(CCN(CC)CC)CCS(=O)c1ccccc1.O=C(O)CC(O)(CC(=O)O)C(=O)O. The van der Waals surface area contributed by atoms with Crippen LogP contribution in [0.25, 0.3) is 0 Å². The van der Waals surface area contributed by atoms with Crippen LogP contribution in [0, 0.1) is 16.9 Å². The van der Waals surface area contributed by atoms with Crippen LogP contribution in [0.15, 0.2) is 35.2 Å². The van der Waals surface area contributed by atoms with Gasteiger partial charge < -0.3 is 35.1 Å². The van der Waals surface area contributed by atoms with Crippen LogP contribution in [0.5, 0.6) is 0 Å². The maximum Gasteiger partial charge on any atom is 0.336 e. The summed E-state index contributed by atoms with van der Waals surface area (Å²) < 4.78 is 12.7. The Balaban J connectivity index is 0.00000114. The van der Waals surface area contributed by atoms with Gasteiger partial charge in [0.2, 0.25) is 5.96 Å². The maximum atomic E-state index is 12.7. The predicted molar refractivity (Wildman–Crippen MR) is 162 cm³/mol. The van der Waals surface area contributed by atoms with Gasteiger partial charge in [-0.25, -0.2) is 9.69 Å². The Hall–Kier alpha value is -3.58. The van der Waals surface area contributed by atoms with Crippen LogP contribution in [0.3, 0.4) is 0 Å². The topological polar surface area (TPSA) is 210 Å². The summed E-state index contributed by atoms with van der Waals surface area (Å²) in [5.74, 6) is -4.39. The Morgan fingerprint density at radius 2 is 1.30 bits per heavy atom. The second kappa shape index (κ2) is 21.2. The third-order valence-corrected chi connectivity index (χ3v) is 7.98. The molecule has 15 heteroatoms. The van der Waals surface area contributed by atoms with Crippen LogP contribution in [-0.2, 0) is 25.2 Å². The smallest absolute Gasteiger partial charge is 0.336 e. The number of carboxylic acid groups (broad SMARTS) is 3. The Kier molecular flexibility index (Phi) is 19.4. The second-order valence-electron chi connectivity index (χ2n) is 9.46. The van der Waals surface area contributed by atoms with Crippen LogP contribution in [0.1, 0.15) is 40.5 Å². The molecule has 0 saturated heterocycles. The first-order chi connectivity index (χ1) is 20.3. The summed E-state index contributed by atoms with van der Waals surface area (Å²) in [7, 11) is -1.13. The van der Waals surface area contributed by atoms with E-state index in [0.29, 0.717) is 25.4 Å². The highest BCUT2D eigenvalue weighted by atomic mass is 32.2. The zero-order valence-electron chi connectivity index (χ0n) is 25.4. The van der Waals surface area contributed by atoms with E-state index in [-0.39, 0.29) is 5.96 Å². The van der Waals surface area contributed by atoms with Crippen molar-refractivity contribution in [2.45, 2.75) is 51.0 Å². The van der Waals surface area contributed by atoms with E-state index in [1.165, 1.54) is 4.90 Å². The van der Waals surface area contributed by atoms with Gasteiger partial charge in [0, 0.05) is 43.4 Å². The monoisotopic (exact) mass is 626 g/mol. The van der Waals surface area contributed by atoms with E-state index in [0.717, 1.165) is 44.2 Å². The highest BCUT2D eigenvalue weighted by Gasteiger charge is 2.40. The molecule has 0 aliphatic heterocycles. The average molecular weight is 627 g/mol. The Bertz CT molecular complexity index is 1060. The minimum Gasteiger partial charge on any atom is -0.481 e. The lowest BCUT2D eigenvalue weighted by atomic mass is 9.96. The molecule has 43 heavy (non-hydrogen) atoms. The number of carboxylic acids is 3. The molecule has 0 spiro atoms. The van der Waals surface area contributed by atoms with E-state index >= 15 is 0 Å². The molecule has 1 unspecified atom stereocenters. The zero-order chi connectivity index (χ0) is 33.0. The number of rotatable bonds is 19. The molecule has 14 nitrogen and oxygen atoms in total. The summed E-state index contributed by atoms with van der Waals surface area (Å²) >= 11 is 0. The highest BCUT2D eigenvalue weighted by molar-refractivity contribution is 7.85. The first-order valence-electron chi connectivity index (χ1n) is 14.1. The minimum atomic E-state index is -2.74. The maximum absolute atomic E-state index is 12.7. The number of nitriles is 1. The number of aliphatic carboxylic acids is 3. The van der Waals surface area contributed by atoms with Crippen molar-refractivity contribution in [3.05, 3.63) is 30.3 Å². The molecular weight excluding hydrogens is 580 g/mol. The standard InChI is InChI=1S/C22H38N6OS.C6H8O7/c1-5-25(6-2)14-16-27(18-19-30(29)21-12-10-9-11-13-21)22(24)28(20-23)17-15-26(7-3)8-4;7-3(8)1-6(13,5(11)12)2-4(9)10/h9-13,24H,5-8,14-19H2,1-4H3;13H,1-2H2,(H,7,8)(H,9,10)(H,11,12). The van der Waals surface area contributed by atoms with E-state index < -0.39 is 47.2 Å². The second-order valence-corrected chi connectivity index (χ2v) is 11.0. The summed E-state index contributed by atoms with van der Waals surface area (Å²) in [6.45, 7) is 15.3. The van der Waals surface area contributed by atoms with Gasteiger partial charge in [0.1, 0.15) is 0 Å². The summed E-state index contributed by atoms with van der Waals surface area (Å²) in [4.78, 5) is 39.2. The fourth-order valence-corrected chi connectivity index (χ4v) is 4.96. The van der Waals surface area contributed by atoms with Gasteiger partial charge in [-0.2, -0.15) is 5.26 Å². The molecule has 242 valence electrons. The highest BCUT2D eigenvalue weighted by Crippen LogP contribution is 2.15. The number of hydrogen-bond donors (Lipinski definition) is 5. The van der Waals surface area contributed by atoms with Crippen molar-refractivity contribution in [3.63, 3.8) is 0 Å². The summed E-state index contributed by atoms with van der Waals surface area (Å²) in [6, 6.07) is 9.42. The first-order valence-corrected chi connectivity index (χ1v) is 15.4. The lowest BCUT2D eigenvalue weighted by Crippen LogP contribution is -2.48. The van der Waals surface area contributed by atoms with Crippen molar-refractivity contribution < 1.29 is 39.0 Å². The summed E-state index contributed by atoms with van der Waals surface area (Å²) in [5, 5.41) is 52.1. The van der Waals surface area contributed by atoms with Crippen molar-refractivity contribution in [1.82, 2.24) is 19.6 Å². The fraction of sp³-hybridized carbons (Fsp3) is 0.607. The van der Waals surface area contributed by atoms with Gasteiger partial charge in [0.05, 0.1) is 23.6 Å². The van der Waals surface area contributed by atoms with Crippen LogP contribution >= 0.6 is 0 Å². The van der Waals surface area contributed by atoms with Crippen LogP contribution in [-0.4, -0.2) is 138 Å². The third kappa shape index (κ3) is 15.5. The van der Waals surface area contributed by atoms with Crippen molar-refractivity contribution in [1.29, 1.82) is 10.7 Å². The Morgan fingerprint density at radius 3 is 1.70 bits per heavy atom. The van der Waals surface area contributed by atoms with E-state index in [1.807, 2.05) is 35.2 Å². The molecule has 0 radical (unpaired) electrons. The van der Waals surface area contributed by atoms with Crippen LogP contribution in [0.4, 0.5) is 0 Å². The molecule has 1 rings (SSSR count). The summed E-state index contributed by atoms with van der Waals surface area (Å²) in [5.41, 5.74) is -2.74. The van der Waals surface area contributed by atoms with Gasteiger partial charge in [-0.05, 0) is 38.3 Å². The number of hydrogen-bond acceptors (Lipinski definition) is 9. The van der Waals surface area contributed by atoms with Gasteiger partial charge in [-0.3, -0.25) is 19.2 Å². The lowest BCUT2D eigenvalue weighted by Gasteiger charge is -2.32. The molecule has 0 amide bonds. The van der Waals surface area contributed by atoms with E-state index in [4.69, 9.17) is 25.8 Å². The number of aliphatic hydroxyl groups is 1. The van der Waals surface area contributed by atoms with Crippen LogP contribution in [0.2, 0.25) is 0 Å². The van der Waals surface area contributed by atoms with E-state index in [9.17, 15) is 23.9 Å². The minimum absolute atomic E-state index is 0.196. The number of benzene rings is 1. The molecule has 0 saturated carbocycles. The van der Waals surface area contributed by atoms with Gasteiger partial charge in [-0.1, -0.05) is 45.9 Å². The molecule has 0 aromatic heterocycles. The van der Waals surface area contributed by atoms with Crippen molar-refractivity contribution >= 4 is 34.7 Å². The zero-order valence-corrected chi connectivity index (χ0v) is 26.3. The number of likely N-dealkylation sites (N-methyl/N-ethyl adjacent to an activating group) is 2. The molecule has 0 bridgehead atoms. The number of nitrogens with zero attached hydrogens (tertiary/aromatic N) is 5. The summed E-state index contributed by atoms with van der Waals surface area (Å²) in [6.07, 6.45) is -0.117. The van der Waals surface area contributed by atoms with Crippen molar-refractivity contribution in [2.75, 3.05) is 64.7 Å². The van der Waals surface area contributed by atoms with Gasteiger partial charge >= 0.3 is 17.9 Å². The molecule has 1 atom stereocenters. The van der Waals surface area contributed by atoms with Gasteiger partial charge in [0.15, 0.2) is 11.8 Å². The molecule has 1 aromatic rings. The quantitative estimate of drug-likeness (QED) is 0.0634. The molecular formula is C28H46N6O8S. The molecule has 5 N–H and O–H groups in total. The molecule has 0 aliphatic carbocycles. The third-order valence-electron chi connectivity index (χ3n) is 6.63. The Morgan fingerprint density at radius 1 is 0.837 bits per heavy atom. The fourth-order valence-electron chi connectivity index (χ4n) is 3.88. The van der Waals surface area contributed by atoms with Crippen LogP contribution < -0.4 is 0 Å². The number of nitrogens with one attached hydrogen (secondary N) is 1. The number of guanidine groups is 1. The Labute approximate surface area is 256 Å². The average Bonchev–Trinajstić information content (AvgIpc) is 2.97. The van der Waals surface area contributed by atoms with Gasteiger partial charge in [-0.15, -0.1) is 0 Å². The van der Waals surface area contributed by atoms with E-state index in [1.54, 1.807) is 0 Å². The lowest BCUT2D eigenvalue weighted by molar-refractivity contribution is -0.170. The first kappa shape index (κ1) is 39.4. The largest absolute Gasteiger partial charge is 0.481 e.